The van der Waals surface area contributed by atoms with Crippen molar-refractivity contribution in [3.05, 3.63) is 59.9 Å². The van der Waals surface area contributed by atoms with Crippen LogP contribution in [0.15, 0.2) is 48.7 Å². The van der Waals surface area contributed by atoms with Gasteiger partial charge in [0, 0.05) is 29.0 Å². The number of hydrogen-bond acceptors (Lipinski definition) is 6. The van der Waals surface area contributed by atoms with E-state index in [1.54, 1.807) is 6.20 Å². The van der Waals surface area contributed by atoms with E-state index in [0.29, 0.717) is 30.3 Å². The van der Waals surface area contributed by atoms with Crippen LogP contribution in [0.4, 0.5) is 5.69 Å². The van der Waals surface area contributed by atoms with Crippen molar-refractivity contribution in [1.29, 1.82) is 0 Å². The molecule has 0 aliphatic heterocycles. The summed E-state index contributed by atoms with van der Waals surface area (Å²) in [6.07, 6.45) is 1.78. The number of carbonyl (C=O) groups is 1. The van der Waals surface area contributed by atoms with Gasteiger partial charge in [0.2, 0.25) is 0 Å². The van der Waals surface area contributed by atoms with E-state index < -0.39 is 12.0 Å². The number of nitrogens with zero attached hydrogens (tertiary/aromatic N) is 1. The highest BCUT2D eigenvalue weighted by atomic mass is 16.5. The molecule has 6 nitrogen and oxygen atoms in total. The average molecular weight is 394 g/mol. The second-order valence-electron chi connectivity index (χ2n) is 6.54. The molecule has 1 N–H and O–H groups in total. The van der Waals surface area contributed by atoms with Crippen LogP contribution in [0.1, 0.15) is 31.1 Å². The number of aromatic nitrogens is 1. The van der Waals surface area contributed by atoms with Crippen LogP contribution in [0, 0.1) is 6.92 Å². The number of ether oxygens (including phenoxy) is 3. The summed E-state index contributed by atoms with van der Waals surface area (Å²) >= 11 is 0. The molecule has 6 heteroatoms. The molecule has 29 heavy (non-hydrogen) atoms. The van der Waals surface area contributed by atoms with Gasteiger partial charge in [-0.1, -0.05) is 6.07 Å². The monoisotopic (exact) mass is 394 g/mol. The zero-order valence-electron chi connectivity index (χ0n) is 17.2. The SMILES string of the molecule is CCOc1cc(OCC)cc(C(Nc2ccc3c(C)nccc3c2)C(=O)OC)c1. The fraction of sp³-hybridized carbons (Fsp3) is 0.304. The molecular formula is C23H26N2O4. The standard InChI is InChI=1S/C23H26N2O4/c1-5-28-19-12-17(13-20(14-19)29-6-2)22(23(26)27-4)25-18-7-8-21-15(3)24-10-9-16(21)11-18/h7-14,22,25H,5-6H2,1-4H3. The molecule has 1 heterocycles. The summed E-state index contributed by atoms with van der Waals surface area (Å²) in [7, 11) is 1.38. The molecule has 0 amide bonds. The predicted octanol–water partition coefficient (Wildman–Crippen LogP) is 4.67. The predicted molar refractivity (Wildman–Crippen MR) is 114 cm³/mol. The van der Waals surface area contributed by atoms with Gasteiger partial charge in [0.05, 0.1) is 20.3 Å². The maximum atomic E-state index is 12.6. The van der Waals surface area contributed by atoms with E-state index in [0.717, 1.165) is 22.2 Å². The van der Waals surface area contributed by atoms with Crippen LogP contribution in [0.3, 0.4) is 0 Å². The number of methoxy groups -OCH3 is 1. The molecule has 1 aromatic heterocycles. The molecule has 3 rings (SSSR count). The van der Waals surface area contributed by atoms with Crippen LogP contribution in [0.5, 0.6) is 11.5 Å². The van der Waals surface area contributed by atoms with Gasteiger partial charge in [-0.3, -0.25) is 4.98 Å². The molecule has 2 aromatic carbocycles. The minimum atomic E-state index is -0.708. The molecule has 1 atom stereocenters. The summed E-state index contributed by atoms with van der Waals surface area (Å²) in [6.45, 7) is 6.83. The Morgan fingerprint density at radius 2 is 1.72 bits per heavy atom. The first-order valence-electron chi connectivity index (χ1n) is 9.66. The third-order valence-electron chi connectivity index (χ3n) is 4.57. The highest BCUT2D eigenvalue weighted by Gasteiger charge is 2.23. The number of benzene rings is 2. The van der Waals surface area contributed by atoms with E-state index in [2.05, 4.69) is 10.3 Å². The summed E-state index contributed by atoms with van der Waals surface area (Å²) in [5, 5.41) is 5.41. The number of fused-ring (bicyclic) bond motifs is 1. The second-order valence-corrected chi connectivity index (χ2v) is 6.54. The lowest BCUT2D eigenvalue weighted by atomic mass is 10.0. The van der Waals surface area contributed by atoms with Crippen molar-refractivity contribution >= 4 is 22.4 Å². The van der Waals surface area contributed by atoms with E-state index >= 15 is 0 Å². The van der Waals surface area contributed by atoms with Gasteiger partial charge in [0.15, 0.2) is 6.04 Å². The third-order valence-corrected chi connectivity index (χ3v) is 4.57. The van der Waals surface area contributed by atoms with Crippen LogP contribution >= 0.6 is 0 Å². The third kappa shape index (κ3) is 4.77. The zero-order valence-corrected chi connectivity index (χ0v) is 17.2. The Balaban J connectivity index is 1.99. The summed E-state index contributed by atoms with van der Waals surface area (Å²) in [6, 6.07) is 12.6. The maximum Gasteiger partial charge on any atom is 0.332 e. The van der Waals surface area contributed by atoms with Crippen molar-refractivity contribution < 1.29 is 19.0 Å². The van der Waals surface area contributed by atoms with E-state index in [4.69, 9.17) is 14.2 Å². The molecular weight excluding hydrogens is 368 g/mol. The van der Waals surface area contributed by atoms with E-state index in [9.17, 15) is 4.79 Å². The van der Waals surface area contributed by atoms with E-state index in [-0.39, 0.29) is 0 Å². The molecule has 0 aliphatic rings. The molecule has 0 fully saturated rings. The highest BCUT2D eigenvalue weighted by Crippen LogP contribution is 2.31. The van der Waals surface area contributed by atoms with Gasteiger partial charge >= 0.3 is 5.97 Å². The van der Waals surface area contributed by atoms with Crippen LogP contribution in [0.25, 0.3) is 10.8 Å². The fourth-order valence-electron chi connectivity index (χ4n) is 3.24. The van der Waals surface area contributed by atoms with Crippen molar-refractivity contribution in [3.8, 4) is 11.5 Å². The van der Waals surface area contributed by atoms with Crippen molar-refractivity contribution in [1.82, 2.24) is 4.98 Å². The summed E-state index contributed by atoms with van der Waals surface area (Å²) in [5.74, 6) is 0.890. The number of hydrogen-bond donors (Lipinski definition) is 1. The zero-order chi connectivity index (χ0) is 20.8. The first-order chi connectivity index (χ1) is 14.0. The molecule has 0 bridgehead atoms. The minimum absolute atomic E-state index is 0.396. The molecule has 3 aromatic rings. The van der Waals surface area contributed by atoms with Crippen molar-refractivity contribution in [2.75, 3.05) is 25.6 Å². The molecule has 0 aliphatic carbocycles. The van der Waals surface area contributed by atoms with Gasteiger partial charge in [-0.15, -0.1) is 0 Å². The topological polar surface area (TPSA) is 69.7 Å². The Morgan fingerprint density at radius 1 is 1.03 bits per heavy atom. The van der Waals surface area contributed by atoms with Crippen molar-refractivity contribution in [3.63, 3.8) is 0 Å². The Bertz CT molecular complexity index is 979. The van der Waals surface area contributed by atoms with Crippen molar-refractivity contribution in [2.45, 2.75) is 26.8 Å². The first kappa shape index (κ1) is 20.5. The van der Waals surface area contributed by atoms with E-state index in [1.807, 2.05) is 63.2 Å². The van der Waals surface area contributed by atoms with Crippen LogP contribution in [-0.4, -0.2) is 31.3 Å². The summed E-state index contributed by atoms with van der Waals surface area (Å²) < 4.78 is 16.4. The summed E-state index contributed by atoms with van der Waals surface area (Å²) in [4.78, 5) is 16.9. The maximum absolute atomic E-state index is 12.6. The smallest absolute Gasteiger partial charge is 0.332 e. The molecule has 0 saturated heterocycles. The largest absolute Gasteiger partial charge is 0.494 e. The Labute approximate surface area is 170 Å². The van der Waals surface area contributed by atoms with Gasteiger partial charge in [-0.2, -0.15) is 0 Å². The highest BCUT2D eigenvalue weighted by molar-refractivity contribution is 5.88. The first-order valence-corrected chi connectivity index (χ1v) is 9.66. The Hall–Kier alpha value is -3.28. The number of anilines is 1. The number of carbonyl (C=O) groups excluding carboxylic acids is 1. The van der Waals surface area contributed by atoms with E-state index in [1.165, 1.54) is 7.11 Å². The number of esters is 1. The molecule has 1 unspecified atom stereocenters. The second kappa shape index (κ2) is 9.28. The molecule has 0 radical (unpaired) electrons. The van der Waals surface area contributed by atoms with Crippen molar-refractivity contribution in [2.24, 2.45) is 0 Å². The number of nitrogens with one attached hydrogen (secondary N) is 1. The van der Waals surface area contributed by atoms with Gasteiger partial charge in [-0.25, -0.2) is 4.79 Å². The number of aryl methyl sites for hydroxylation is 1. The Morgan fingerprint density at radius 3 is 2.34 bits per heavy atom. The minimum Gasteiger partial charge on any atom is -0.494 e. The van der Waals surface area contributed by atoms with Gasteiger partial charge < -0.3 is 19.5 Å². The van der Waals surface area contributed by atoms with Crippen LogP contribution in [-0.2, 0) is 9.53 Å². The normalized spacial score (nSPS) is 11.7. The summed E-state index contributed by atoms with van der Waals surface area (Å²) in [5.41, 5.74) is 2.47. The quantitative estimate of drug-likeness (QED) is 0.560. The molecule has 0 spiro atoms. The van der Waals surface area contributed by atoms with Gasteiger partial charge in [0.25, 0.3) is 0 Å². The lowest BCUT2D eigenvalue weighted by Crippen LogP contribution is -2.22. The van der Waals surface area contributed by atoms with Gasteiger partial charge in [0.1, 0.15) is 11.5 Å². The molecule has 152 valence electrons. The van der Waals surface area contributed by atoms with Crippen LogP contribution < -0.4 is 14.8 Å². The van der Waals surface area contributed by atoms with Gasteiger partial charge in [-0.05, 0) is 62.1 Å². The Kier molecular flexibility index (Phi) is 6.54. The number of rotatable bonds is 8. The number of pyridine rings is 1. The van der Waals surface area contributed by atoms with Crippen LogP contribution in [0.2, 0.25) is 0 Å². The lowest BCUT2D eigenvalue weighted by Gasteiger charge is -2.20. The fourth-order valence-corrected chi connectivity index (χ4v) is 3.24. The lowest BCUT2D eigenvalue weighted by molar-refractivity contribution is -0.141. The molecule has 0 saturated carbocycles. The average Bonchev–Trinajstić information content (AvgIpc) is 2.72.